The first kappa shape index (κ1) is 18.4. The van der Waals surface area contributed by atoms with Gasteiger partial charge < -0.3 is 4.90 Å². The lowest BCUT2D eigenvalue weighted by Crippen LogP contribution is -2.48. The van der Waals surface area contributed by atoms with E-state index in [4.69, 9.17) is 23.2 Å². The molecule has 6 nitrogen and oxygen atoms in total. The molecule has 3 heterocycles. The van der Waals surface area contributed by atoms with Gasteiger partial charge in [-0.05, 0) is 18.2 Å². The van der Waals surface area contributed by atoms with Gasteiger partial charge in [-0.1, -0.05) is 23.2 Å². The van der Waals surface area contributed by atoms with Gasteiger partial charge in [0, 0.05) is 66.0 Å². The number of benzene rings is 1. The molecule has 0 saturated carbocycles. The van der Waals surface area contributed by atoms with E-state index in [1.807, 2.05) is 5.38 Å². The third-order valence-electron chi connectivity index (χ3n) is 4.51. The fourth-order valence-corrected chi connectivity index (χ4v) is 4.43. The van der Waals surface area contributed by atoms with Gasteiger partial charge in [0.1, 0.15) is 0 Å². The number of hydrogen-bond acceptors (Lipinski definition) is 5. The number of halogens is 2. The number of rotatable bonds is 3. The number of hydrogen-bond donors (Lipinski definition) is 0. The molecule has 0 unspecified atom stereocenters. The van der Waals surface area contributed by atoms with Crippen molar-refractivity contribution in [1.29, 1.82) is 0 Å². The second kappa shape index (κ2) is 7.59. The van der Waals surface area contributed by atoms with Gasteiger partial charge in [0.15, 0.2) is 4.96 Å². The van der Waals surface area contributed by atoms with E-state index in [2.05, 4.69) is 9.88 Å². The van der Waals surface area contributed by atoms with Crippen LogP contribution in [0, 0.1) is 0 Å². The van der Waals surface area contributed by atoms with Crippen LogP contribution in [0.2, 0.25) is 10.0 Å². The minimum atomic E-state index is -0.0737. The molecule has 0 aliphatic carbocycles. The molecular formula is C18H16Cl2N4O2S. The smallest absolute Gasteiger partial charge is 0.258 e. The fourth-order valence-electron chi connectivity index (χ4n) is 3.17. The second-order valence-electron chi connectivity index (χ2n) is 6.37. The Morgan fingerprint density at radius 1 is 1.07 bits per heavy atom. The first-order valence-electron chi connectivity index (χ1n) is 8.43. The molecule has 4 rings (SSSR count). The van der Waals surface area contributed by atoms with E-state index in [0.717, 1.165) is 5.69 Å². The van der Waals surface area contributed by atoms with E-state index in [1.54, 1.807) is 39.8 Å². The molecule has 0 bridgehead atoms. The third-order valence-corrected chi connectivity index (χ3v) is 5.70. The highest BCUT2D eigenvalue weighted by Gasteiger charge is 2.23. The van der Waals surface area contributed by atoms with Gasteiger partial charge in [0.25, 0.3) is 11.5 Å². The van der Waals surface area contributed by atoms with Gasteiger partial charge in [0.2, 0.25) is 0 Å². The van der Waals surface area contributed by atoms with E-state index >= 15 is 0 Å². The van der Waals surface area contributed by atoms with Gasteiger partial charge >= 0.3 is 0 Å². The highest BCUT2D eigenvalue weighted by molar-refractivity contribution is 7.15. The topological polar surface area (TPSA) is 57.9 Å². The zero-order chi connectivity index (χ0) is 19.0. The van der Waals surface area contributed by atoms with Crippen LogP contribution in [0.1, 0.15) is 16.1 Å². The summed E-state index contributed by atoms with van der Waals surface area (Å²) in [6.45, 7) is 3.22. The Morgan fingerprint density at radius 3 is 2.48 bits per heavy atom. The minimum Gasteiger partial charge on any atom is -0.336 e. The molecule has 1 aliphatic rings. The van der Waals surface area contributed by atoms with Crippen molar-refractivity contribution in [1.82, 2.24) is 19.2 Å². The molecule has 1 amide bonds. The second-order valence-corrected chi connectivity index (χ2v) is 8.11. The molecule has 3 aromatic rings. The monoisotopic (exact) mass is 422 g/mol. The molecule has 2 aromatic heterocycles. The molecule has 1 saturated heterocycles. The van der Waals surface area contributed by atoms with Crippen molar-refractivity contribution in [3.63, 3.8) is 0 Å². The number of carbonyl (C=O) groups excluding carboxylic acids is 1. The molecular weight excluding hydrogens is 407 g/mol. The van der Waals surface area contributed by atoms with Gasteiger partial charge in [-0.25, -0.2) is 4.98 Å². The van der Waals surface area contributed by atoms with Crippen molar-refractivity contribution in [2.24, 2.45) is 0 Å². The van der Waals surface area contributed by atoms with Crippen LogP contribution < -0.4 is 5.56 Å². The Hall–Kier alpha value is -1.93. The molecule has 9 heteroatoms. The van der Waals surface area contributed by atoms with Crippen molar-refractivity contribution < 1.29 is 4.79 Å². The van der Waals surface area contributed by atoms with Crippen LogP contribution in [0.5, 0.6) is 0 Å². The molecule has 27 heavy (non-hydrogen) atoms. The Bertz CT molecular complexity index is 1040. The number of fused-ring (bicyclic) bond motifs is 1. The number of piperazine rings is 1. The SMILES string of the molecule is O=C(c1cc(Cl)cc(Cl)c1)N1CCN(Cc2cc(=O)n3ccsc3n2)CC1. The summed E-state index contributed by atoms with van der Waals surface area (Å²) in [5, 5.41) is 2.75. The summed E-state index contributed by atoms with van der Waals surface area (Å²) in [6.07, 6.45) is 1.73. The number of nitrogens with zero attached hydrogens (tertiary/aromatic N) is 4. The van der Waals surface area contributed by atoms with Crippen LogP contribution in [-0.2, 0) is 6.54 Å². The van der Waals surface area contributed by atoms with Crippen LogP contribution >= 0.6 is 34.5 Å². The van der Waals surface area contributed by atoms with Crippen molar-refractivity contribution >= 4 is 45.4 Å². The van der Waals surface area contributed by atoms with Crippen LogP contribution in [-0.4, -0.2) is 51.3 Å². The average molecular weight is 423 g/mol. The number of thiazole rings is 1. The average Bonchev–Trinajstić information content (AvgIpc) is 3.10. The van der Waals surface area contributed by atoms with E-state index in [0.29, 0.717) is 53.3 Å². The maximum atomic E-state index is 12.7. The van der Waals surface area contributed by atoms with Gasteiger partial charge in [-0.2, -0.15) is 0 Å². The standard InChI is InChI=1S/C18H16Cl2N4O2S/c19-13-7-12(8-14(20)9-13)17(26)23-3-1-22(2-4-23)11-15-10-16(25)24-5-6-27-18(24)21-15/h5-10H,1-4,11H2. The molecule has 1 aliphatic heterocycles. The predicted molar refractivity (Wildman–Crippen MR) is 107 cm³/mol. The Labute approximate surface area is 169 Å². The molecule has 0 N–H and O–H groups in total. The third kappa shape index (κ3) is 4.01. The Morgan fingerprint density at radius 2 is 1.78 bits per heavy atom. The molecule has 1 aromatic carbocycles. The fraction of sp³-hybridized carbons (Fsp3) is 0.278. The van der Waals surface area contributed by atoms with Crippen LogP contribution in [0.4, 0.5) is 0 Å². The first-order chi connectivity index (χ1) is 13.0. The lowest BCUT2D eigenvalue weighted by atomic mass is 10.1. The lowest BCUT2D eigenvalue weighted by Gasteiger charge is -2.34. The largest absolute Gasteiger partial charge is 0.336 e. The van der Waals surface area contributed by atoms with Crippen molar-refractivity contribution in [3.05, 3.63) is 67.5 Å². The summed E-state index contributed by atoms with van der Waals surface area (Å²) < 4.78 is 1.54. The number of carbonyl (C=O) groups is 1. The molecule has 1 fully saturated rings. The normalized spacial score (nSPS) is 15.4. The first-order valence-corrected chi connectivity index (χ1v) is 10.1. The zero-order valence-corrected chi connectivity index (χ0v) is 16.6. The number of amides is 1. The highest BCUT2D eigenvalue weighted by Crippen LogP contribution is 2.21. The Kier molecular flexibility index (Phi) is 5.19. The van der Waals surface area contributed by atoms with E-state index < -0.39 is 0 Å². The molecule has 0 spiro atoms. The van der Waals surface area contributed by atoms with Crippen molar-refractivity contribution in [2.75, 3.05) is 26.2 Å². The van der Waals surface area contributed by atoms with Crippen LogP contribution in [0.15, 0.2) is 40.6 Å². The summed E-state index contributed by atoms with van der Waals surface area (Å²) in [7, 11) is 0. The van der Waals surface area contributed by atoms with E-state index in [1.165, 1.54) is 11.3 Å². The molecule has 0 radical (unpaired) electrons. The summed E-state index contributed by atoms with van der Waals surface area (Å²) in [6, 6.07) is 6.45. The summed E-state index contributed by atoms with van der Waals surface area (Å²) >= 11 is 13.4. The van der Waals surface area contributed by atoms with Crippen LogP contribution in [0.25, 0.3) is 4.96 Å². The van der Waals surface area contributed by atoms with Gasteiger partial charge in [0.05, 0.1) is 5.69 Å². The summed E-state index contributed by atoms with van der Waals surface area (Å²) in [4.78, 5) is 34.0. The quantitative estimate of drug-likeness (QED) is 0.650. The number of aromatic nitrogens is 2. The highest BCUT2D eigenvalue weighted by atomic mass is 35.5. The van der Waals surface area contributed by atoms with E-state index in [-0.39, 0.29) is 11.5 Å². The molecule has 0 atom stereocenters. The maximum Gasteiger partial charge on any atom is 0.258 e. The zero-order valence-electron chi connectivity index (χ0n) is 14.3. The maximum absolute atomic E-state index is 12.7. The molecule has 140 valence electrons. The van der Waals surface area contributed by atoms with Gasteiger partial charge in [-0.15, -0.1) is 11.3 Å². The van der Waals surface area contributed by atoms with Crippen LogP contribution in [0.3, 0.4) is 0 Å². The summed E-state index contributed by atoms with van der Waals surface area (Å²) in [5.41, 5.74) is 1.19. The Balaban J connectivity index is 1.41. The van der Waals surface area contributed by atoms with Crippen molar-refractivity contribution in [3.8, 4) is 0 Å². The lowest BCUT2D eigenvalue weighted by molar-refractivity contribution is 0.0627. The van der Waals surface area contributed by atoms with Gasteiger partial charge in [-0.3, -0.25) is 18.9 Å². The van der Waals surface area contributed by atoms with E-state index in [9.17, 15) is 9.59 Å². The minimum absolute atomic E-state index is 0.0668. The predicted octanol–water partition coefficient (Wildman–Crippen LogP) is 3.02. The van der Waals surface area contributed by atoms with Crippen molar-refractivity contribution in [2.45, 2.75) is 6.54 Å². The summed E-state index contributed by atoms with van der Waals surface area (Å²) in [5.74, 6) is -0.0737.